The number of urea groups is 1. The first-order chi connectivity index (χ1) is 14.7. The predicted octanol–water partition coefficient (Wildman–Crippen LogP) is 2.47. The van der Waals surface area contributed by atoms with Crippen LogP contribution in [-0.4, -0.2) is 35.6 Å². The number of aromatic nitrogens is 6. The monoisotopic (exact) mass is 402 g/mol. The van der Waals surface area contributed by atoms with Crippen molar-refractivity contribution in [2.24, 2.45) is 0 Å². The molecular weight excluding hydrogens is 380 g/mol. The standard InChI is InChI=1S/C21H22N8O/c1-16(19-6-8-20(9-7-19)29-15-23-13-26-29)27-21(30)24-10-17-2-4-18(5-3-17)11-28-14-22-12-25-28/h2-9,12-16H,10-11H2,1H3,(H2,24,27,30). The molecule has 0 spiro atoms. The Hall–Kier alpha value is -4.01. The minimum Gasteiger partial charge on any atom is -0.334 e. The molecule has 0 fully saturated rings. The van der Waals surface area contributed by atoms with Gasteiger partial charge in [-0.1, -0.05) is 36.4 Å². The quantitative estimate of drug-likeness (QED) is 0.494. The van der Waals surface area contributed by atoms with Crippen LogP contribution in [-0.2, 0) is 13.1 Å². The lowest BCUT2D eigenvalue weighted by molar-refractivity contribution is 0.237. The first kappa shape index (κ1) is 19.3. The summed E-state index contributed by atoms with van der Waals surface area (Å²) in [4.78, 5) is 20.1. The van der Waals surface area contributed by atoms with Gasteiger partial charge in [0.2, 0.25) is 0 Å². The Morgan fingerprint density at radius 2 is 1.63 bits per heavy atom. The van der Waals surface area contributed by atoms with Gasteiger partial charge < -0.3 is 10.6 Å². The molecule has 0 aliphatic carbocycles. The maximum absolute atomic E-state index is 12.3. The van der Waals surface area contributed by atoms with Crippen molar-refractivity contribution in [3.05, 3.63) is 90.5 Å². The van der Waals surface area contributed by atoms with Gasteiger partial charge in [-0.2, -0.15) is 10.2 Å². The zero-order valence-electron chi connectivity index (χ0n) is 16.5. The number of carbonyl (C=O) groups is 1. The Morgan fingerprint density at radius 3 is 2.30 bits per heavy atom. The van der Waals surface area contributed by atoms with Crippen LogP contribution >= 0.6 is 0 Å². The van der Waals surface area contributed by atoms with E-state index in [9.17, 15) is 4.79 Å². The third-order valence-corrected chi connectivity index (χ3v) is 4.71. The summed E-state index contributed by atoms with van der Waals surface area (Å²) < 4.78 is 3.45. The smallest absolute Gasteiger partial charge is 0.315 e. The largest absolute Gasteiger partial charge is 0.334 e. The molecule has 0 saturated heterocycles. The molecule has 0 saturated carbocycles. The van der Waals surface area contributed by atoms with Gasteiger partial charge >= 0.3 is 6.03 Å². The van der Waals surface area contributed by atoms with Gasteiger partial charge in [-0.05, 0) is 35.7 Å². The molecule has 1 unspecified atom stereocenters. The first-order valence-corrected chi connectivity index (χ1v) is 9.57. The Bertz CT molecular complexity index is 1060. The van der Waals surface area contributed by atoms with Crippen molar-refractivity contribution in [2.75, 3.05) is 0 Å². The summed E-state index contributed by atoms with van der Waals surface area (Å²) in [7, 11) is 0. The normalized spacial score (nSPS) is 11.8. The van der Waals surface area contributed by atoms with E-state index >= 15 is 0 Å². The maximum Gasteiger partial charge on any atom is 0.315 e. The van der Waals surface area contributed by atoms with Crippen LogP contribution in [0.2, 0.25) is 0 Å². The molecule has 9 nitrogen and oxygen atoms in total. The topological polar surface area (TPSA) is 103 Å². The van der Waals surface area contributed by atoms with E-state index in [-0.39, 0.29) is 12.1 Å². The molecule has 2 N–H and O–H groups in total. The van der Waals surface area contributed by atoms with Gasteiger partial charge in [-0.25, -0.2) is 24.1 Å². The van der Waals surface area contributed by atoms with E-state index in [1.54, 1.807) is 22.0 Å². The molecule has 0 aliphatic rings. The number of hydrogen-bond acceptors (Lipinski definition) is 5. The van der Waals surface area contributed by atoms with Gasteiger partial charge in [0.25, 0.3) is 0 Å². The van der Waals surface area contributed by atoms with Crippen LogP contribution in [0.5, 0.6) is 0 Å². The number of benzene rings is 2. The highest BCUT2D eigenvalue weighted by Crippen LogP contribution is 2.15. The molecule has 2 aromatic heterocycles. The van der Waals surface area contributed by atoms with E-state index in [2.05, 4.69) is 30.8 Å². The summed E-state index contributed by atoms with van der Waals surface area (Å²) in [5.41, 5.74) is 4.07. The minimum atomic E-state index is -0.213. The molecule has 0 bridgehead atoms. The first-order valence-electron chi connectivity index (χ1n) is 9.57. The van der Waals surface area contributed by atoms with E-state index < -0.39 is 0 Å². The Morgan fingerprint density at radius 1 is 0.933 bits per heavy atom. The number of amides is 2. The zero-order chi connectivity index (χ0) is 20.8. The summed E-state index contributed by atoms with van der Waals surface area (Å²) in [5, 5.41) is 14.1. The van der Waals surface area contributed by atoms with Gasteiger partial charge in [0.1, 0.15) is 25.3 Å². The Balaban J connectivity index is 1.26. The lowest BCUT2D eigenvalue weighted by Crippen LogP contribution is -2.36. The highest BCUT2D eigenvalue weighted by Gasteiger charge is 2.10. The van der Waals surface area contributed by atoms with Crippen molar-refractivity contribution in [2.45, 2.75) is 26.1 Å². The molecule has 30 heavy (non-hydrogen) atoms. The Kier molecular flexibility index (Phi) is 5.79. The second-order valence-electron chi connectivity index (χ2n) is 6.89. The van der Waals surface area contributed by atoms with Gasteiger partial charge in [-0.15, -0.1) is 0 Å². The van der Waals surface area contributed by atoms with Crippen molar-refractivity contribution in [1.82, 2.24) is 40.2 Å². The van der Waals surface area contributed by atoms with Crippen LogP contribution in [0.15, 0.2) is 73.8 Å². The highest BCUT2D eigenvalue weighted by atomic mass is 16.2. The van der Waals surface area contributed by atoms with Crippen molar-refractivity contribution in [3.8, 4) is 5.69 Å². The summed E-state index contributed by atoms with van der Waals surface area (Å²) in [5.74, 6) is 0. The van der Waals surface area contributed by atoms with E-state index in [0.29, 0.717) is 13.1 Å². The predicted molar refractivity (Wildman–Crippen MR) is 111 cm³/mol. The van der Waals surface area contributed by atoms with E-state index in [1.807, 2.05) is 55.5 Å². The number of nitrogens with one attached hydrogen (secondary N) is 2. The average Bonchev–Trinajstić information content (AvgIpc) is 3.48. The van der Waals surface area contributed by atoms with E-state index in [0.717, 1.165) is 22.4 Å². The van der Waals surface area contributed by atoms with Crippen LogP contribution in [0.1, 0.15) is 29.7 Å². The molecule has 1 atom stereocenters. The molecule has 4 rings (SSSR count). The number of carbonyl (C=O) groups excluding carboxylic acids is 1. The molecule has 2 aromatic carbocycles. The summed E-state index contributed by atoms with van der Waals surface area (Å²) in [6.45, 7) is 3.07. The van der Waals surface area contributed by atoms with Crippen molar-refractivity contribution in [3.63, 3.8) is 0 Å². The van der Waals surface area contributed by atoms with E-state index in [1.165, 1.54) is 12.7 Å². The molecule has 0 aliphatic heterocycles. The summed E-state index contributed by atoms with van der Waals surface area (Å²) in [6, 6.07) is 15.5. The summed E-state index contributed by atoms with van der Waals surface area (Å²) >= 11 is 0. The van der Waals surface area contributed by atoms with Gasteiger partial charge in [0.15, 0.2) is 0 Å². The third-order valence-electron chi connectivity index (χ3n) is 4.71. The van der Waals surface area contributed by atoms with E-state index in [4.69, 9.17) is 0 Å². The average molecular weight is 402 g/mol. The zero-order valence-corrected chi connectivity index (χ0v) is 16.5. The fraction of sp³-hybridized carbons (Fsp3) is 0.190. The molecule has 9 heteroatoms. The van der Waals surface area contributed by atoms with Crippen LogP contribution in [0.4, 0.5) is 4.79 Å². The highest BCUT2D eigenvalue weighted by molar-refractivity contribution is 5.74. The number of nitrogens with zero attached hydrogens (tertiary/aromatic N) is 6. The third kappa shape index (κ3) is 4.88. The second-order valence-corrected chi connectivity index (χ2v) is 6.89. The fourth-order valence-corrected chi connectivity index (χ4v) is 3.03. The maximum atomic E-state index is 12.3. The van der Waals surface area contributed by atoms with Crippen molar-refractivity contribution in [1.29, 1.82) is 0 Å². The number of hydrogen-bond donors (Lipinski definition) is 2. The van der Waals surface area contributed by atoms with Gasteiger partial charge in [0.05, 0.1) is 18.3 Å². The van der Waals surface area contributed by atoms with Crippen LogP contribution in [0, 0.1) is 0 Å². The summed E-state index contributed by atoms with van der Waals surface area (Å²) in [6.07, 6.45) is 6.34. The van der Waals surface area contributed by atoms with Gasteiger partial charge in [-0.3, -0.25) is 0 Å². The molecule has 152 valence electrons. The molecule has 4 aromatic rings. The van der Waals surface area contributed by atoms with Crippen molar-refractivity contribution >= 4 is 6.03 Å². The lowest BCUT2D eigenvalue weighted by Gasteiger charge is -2.15. The van der Waals surface area contributed by atoms with Crippen molar-refractivity contribution < 1.29 is 4.79 Å². The molecule has 2 amide bonds. The number of rotatable bonds is 7. The van der Waals surface area contributed by atoms with Crippen LogP contribution in [0.25, 0.3) is 5.69 Å². The van der Waals surface area contributed by atoms with Gasteiger partial charge in [0, 0.05) is 6.54 Å². The lowest BCUT2D eigenvalue weighted by atomic mass is 10.1. The second kappa shape index (κ2) is 8.99. The molecular formula is C21H22N8O. The van der Waals surface area contributed by atoms with Crippen LogP contribution in [0.3, 0.4) is 0 Å². The Labute approximate surface area is 173 Å². The molecule has 0 radical (unpaired) electrons. The SMILES string of the molecule is CC(NC(=O)NCc1ccc(Cn2cncn2)cc1)c1ccc(-n2cncn2)cc1. The fourth-order valence-electron chi connectivity index (χ4n) is 3.03. The molecule has 2 heterocycles. The van der Waals surface area contributed by atoms with Crippen LogP contribution < -0.4 is 10.6 Å². The minimum absolute atomic E-state index is 0.125.